The zero-order chi connectivity index (χ0) is 13.4. The number of carbonyl (C=O) groups is 1. The monoisotopic (exact) mass is 313 g/mol. The Labute approximate surface area is 117 Å². The van der Waals surface area contributed by atoms with Gasteiger partial charge >= 0.3 is 0 Å². The van der Waals surface area contributed by atoms with Crippen molar-refractivity contribution >= 4 is 27.5 Å². The third-order valence-corrected chi connectivity index (χ3v) is 2.92. The number of rotatable bonds is 7. The van der Waals surface area contributed by atoms with Gasteiger partial charge in [-0.3, -0.25) is 4.79 Å². The molecule has 0 atom stereocenters. The lowest BCUT2D eigenvalue weighted by Gasteiger charge is -2.10. The number of amides is 1. The van der Waals surface area contributed by atoms with Crippen molar-refractivity contribution in [3.8, 4) is 0 Å². The van der Waals surface area contributed by atoms with Gasteiger partial charge in [0.15, 0.2) is 0 Å². The summed E-state index contributed by atoms with van der Waals surface area (Å²) in [4.78, 5) is 13.7. The van der Waals surface area contributed by atoms with E-state index >= 15 is 0 Å². The lowest BCUT2D eigenvalue weighted by molar-refractivity contribution is -0.116. The van der Waals surface area contributed by atoms with E-state index in [1.54, 1.807) is 0 Å². The van der Waals surface area contributed by atoms with Crippen LogP contribution in [0, 0.1) is 0 Å². The average molecular weight is 314 g/mol. The molecule has 0 heterocycles. The molecule has 4 nitrogen and oxygen atoms in total. The molecule has 0 saturated heterocycles. The molecule has 0 aliphatic carbocycles. The van der Waals surface area contributed by atoms with E-state index in [9.17, 15) is 4.79 Å². The summed E-state index contributed by atoms with van der Waals surface area (Å²) >= 11 is 3.36. The Morgan fingerprint density at radius 1 is 1.22 bits per heavy atom. The van der Waals surface area contributed by atoms with E-state index in [2.05, 4.69) is 31.5 Å². The van der Waals surface area contributed by atoms with Gasteiger partial charge in [0.2, 0.25) is 5.91 Å². The third-order valence-electron chi connectivity index (χ3n) is 2.39. The van der Waals surface area contributed by atoms with Crippen molar-refractivity contribution in [3.63, 3.8) is 0 Å². The molecule has 0 spiro atoms. The van der Waals surface area contributed by atoms with Crippen molar-refractivity contribution in [2.45, 2.75) is 6.42 Å². The topological polar surface area (TPSA) is 44.4 Å². The van der Waals surface area contributed by atoms with Crippen LogP contribution in [-0.2, 0) is 4.79 Å². The molecule has 18 heavy (non-hydrogen) atoms. The zero-order valence-electron chi connectivity index (χ0n) is 10.9. The summed E-state index contributed by atoms with van der Waals surface area (Å²) in [5.74, 6) is 0.0367. The SMILES string of the molecule is CN(C)CCNCCC(=O)Nc1ccc(Br)cc1. The summed E-state index contributed by atoms with van der Waals surface area (Å²) in [6.07, 6.45) is 0.490. The molecule has 1 aromatic rings. The van der Waals surface area contributed by atoms with Gasteiger partial charge in [0.25, 0.3) is 0 Å². The first-order valence-electron chi connectivity index (χ1n) is 5.99. The molecule has 0 aliphatic heterocycles. The van der Waals surface area contributed by atoms with Crippen LogP contribution in [0.15, 0.2) is 28.7 Å². The first-order valence-corrected chi connectivity index (χ1v) is 6.78. The van der Waals surface area contributed by atoms with Crippen molar-refractivity contribution in [2.24, 2.45) is 0 Å². The molecule has 1 rings (SSSR count). The Morgan fingerprint density at radius 3 is 2.50 bits per heavy atom. The van der Waals surface area contributed by atoms with Crippen molar-refractivity contribution in [1.29, 1.82) is 0 Å². The van der Waals surface area contributed by atoms with Gasteiger partial charge in [-0.2, -0.15) is 0 Å². The second-order valence-electron chi connectivity index (χ2n) is 4.36. The van der Waals surface area contributed by atoms with E-state index < -0.39 is 0 Å². The van der Waals surface area contributed by atoms with Gasteiger partial charge in [-0.25, -0.2) is 0 Å². The van der Waals surface area contributed by atoms with Crippen LogP contribution in [0.25, 0.3) is 0 Å². The minimum Gasteiger partial charge on any atom is -0.326 e. The van der Waals surface area contributed by atoms with Crippen LogP contribution in [0.2, 0.25) is 0 Å². The van der Waals surface area contributed by atoms with E-state index in [0.717, 1.165) is 23.2 Å². The van der Waals surface area contributed by atoms with Crippen LogP contribution in [0.1, 0.15) is 6.42 Å². The second-order valence-corrected chi connectivity index (χ2v) is 5.27. The van der Waals surface area contributed by atoms with Gasteiger partial charge in [-0.15, -0.1) is 0 Å². The smallest absolute Gasteiger partial charge is 0.225 e. The van der Waals surface area contributed by atoms with Crippen LogP contribution in [0.4, 0.5) is 5.69 Å². The summed E-state index contributed by atoms with van der Waals surface area (Å²) in [7, 11) is 4.06. The van der Waals surface area contributed by atoms with Crippen LogP contribution in [0.3, 0.4) is 0 Å². The number of hydrogen-bond donors (Lipinski definition) is 2. The van der Waals surface area contributed by atoms with Gasteiger partial charge in [0, 0.05) is 36.2 Å². The maximum absolute atomic E-state index is 11.6. The Hall–Kier alpha value is -0.910. The molecule has 0 unspecified atom stereocenters. The van der Waals surface area contributed by atoms with E-state index in [1.165, 1.54) is 0 Å². The molecular weight excluding hydrogens is 294 g/mol. The van der Waals surface area contributed by atoms with E-state index in [1.807, 2.05) is 38.4 Å². The third kappa shape index (κ3) is 6.74. The zero-order valence-corrected chi connectivity index (χ0v) is 12.5. The molecule has 0 radical (unpaired) electrons. The standard InChI is InChI=1S/C13H20BrN3O/c1-17(2)10-9-15-8-7-13(18)16-12-5-3-11(14)4-6-12/h3-6,15H,7-10H2,1-2H3,(H,16,18). The molecule has 0 bridgehead atoms. The van der Waals surface area contributed by atoms with Gasteiger partial charge in [-0.1, -0.05) is 15.9 Å². The van der Waals surface area contributed by atoms with Crippen LogP contribution in [0.5, 0.6) is 0 Å². The molecule has 1 amide bonds. The second kappa shape index (κ2) is 8.24. The molecule has 0 aliphatic rings. The molecule has 0 fully saturated rings. The van der Waals surface area contributed by atoms with Gasteiger partial charge in [0.1, 0.15) is 0 Å². The summed E-state index contributed by atoms with van der Waals surface area (Å²) in [6, 6.07) is 7.57. The van der Waals surface area contributed by atoms with Gasteiger partial charge < -0.3 is 15.5 Å². The molecular formula is C13H20BrN3O. The Morgan fingerprint density at radius 2 is 1.89 bits per heavy atom. The number of halogens is 1. The number of nitrogens with zero attached hydrogens (tertiary/aromatic N) is 1. The molecule has 0 saturated carbocycles. The van der Waals surface area contributed by atoms with Crippen molar-refractivity contribution in [3.05, 3.63) is 28.7 Å². The molecule has 5 heteroatoms. The number of nitrogens with one attached hydrogen (secondary N) is 2. The van der Waals surface area contributed by atoms with Crippen LogP contribution < -0.4 is 10.6 Å². The Bertz CT molecular complexity index is 365. The number of benzene rings is 1. The highest BCUT2D eigenvalue weighted by atomic mass is 79.9. The lowest BCUT2D eigenvalue weighted by atomic mass is 10.3. The molecule has 2 N–H and O–H groups in total. The lowest BCUT2D eigenvalue weighted by Crippen LogP contribution is -2.29. The number of hydrogen-bond acceptors (Lipinski definition) is 3. The van der Waals surface area contributed by atoms with Gasteiger partial charge in [0.05, 0.1) is 0 Å². The highest BCUT2D eigenvalue weighted by molar-refractivity contribution is 9.10. The maximum atomic E-state index is 11.6. The van der Waals surface area contributed by atoms with Crippen molar-refractivity contribution in [2.75, 3.05) is 39.0 Å². The maximum Gasteiger partial charge on any atom is 0.225 e. The number of carbonyl (C=O) groups excluding carboxylic acids is 1. The minimum atomic E-state index is 0.0367. The Kier molecular flexibility index (Phi) is 6.93. The Balaban J connectivity index is 2.16. The first kappa shape index (κ1) is 15.1. The minimum absolute atomic E-state index is 0.0367. The summed E-state index contributed by atoms with van der Waals surface area (Å²) in [6.45, 7) is 2.59. The highest BCUT2D eigenvalue weighted by Crippen LogP contribution is 2.13. The first-order chi connectivity index (χ1) is 8.58. The van der Waals surface area contributed by atoms with Crippen LogP contribution >= 0.6 is 15.9 Å². The summed E-state index contributed by atoms with van der Waals surface area (Å²) in [5.41, 5.74) is 0.830. The highest BCUT2D eigenvalue weighted by Gasteiger charge is 2.01. The van der Waals surface area contributed by atoms with E-state index in [-0.39, 0.29) is 5.91 Å². The fraction of sp³-hybridized carbons (Fsp3) is 0.462. The molecule has 1 aromatic carbocycles. The van der Waals surface area contributed by atoms with Crippen molar-refractivity contribution in [1.82, 2.24) is 10.2 Å². The molecule has 0 aromatic heterocycles. The van der Waals surface area contributed by atoms with E-state index in [4.69, 9.17) is 0 Å². The fourth-order valence-corrected chi connectivity index (χ4v) is 1.65. The molecule has 100 valence electrons. The predicted molar refractivity (Wildman–Crippen MR) is 78.8 cm³/mol. The largest absolute Gasteiger partial charge is 0.326 e. The number of anilines is 1. The summed E-state index contributed by atoms with van der Waals surface area (Å²) in [5, 5.41) is 6.09. The quantitative estimate of drug-likeness (QED) is 0.756. The summed E-state index contributed by atoms with van der Waals surface area (Å²) < 4.78 is 1.01. The van der Waals surface area contributed by atoms with E-state index in [0.29, 0.717) is 13.0 Å². The number of likely N-dealkylation sites (N-methyl/N-ethyl adjacent to an activating group) is 1. The fourth-order valence-electron chi connectivity index (χ4n) is 1.39. The normalized spacial score (nSPS) is 10.7. The van der Waals surface area contributed by atoms with Gasteiger partial charge in [-0.05, 0) is 38.4 Å². The predicted octanol–water partition coefficient (Wildman–Crippen LogP) is 1.93. The average Bonchev–Trinajstić information content (AvgIpc) is 2.31. The van der Waals surface area contributed by atoms with Crippen molar-refractivity contribution < 1.29 is 4.79 Å². The van der Waals surface area contributed by atoms with Crippen LogP contribution in [-0.4, -0.2) is 44.5 Å².